The van der Waals surface area contributed by atoms with Gasteiger partial charge in [0.05, 0.1) is 30.0 Å². The van der Waals surface area contributed by atoms with Crippen molar-refractivity contribution in [3.63, 3.8) is 0 Å². The Labute approximate surface area is 158 Å². The molecule has 0 amide bonds. The van der Waals surface area contributed by atoms with Gasteiger partial charge in [-0.1, -0.05) is 6.07 Å². The summed E-state index contributed by atoms with van der Waals surface area (Å²) in [6.07, 6.45) is 5.87. The van der Waals surface area contributed by atoms with Crippen LogP contribution in [-0.4, -0.2) is 51.0 Å². The zero-order valence-corrected chi connectivity index (χ0v) is 15.7. The summed E-state index contributed by atoms with van der Waals surface area (Å²) in [7, 11) is 3.55. The molecule has 0 spiro atoms. The highest BCUT2D eigenvalue weighted by Gasteiger charge is 2.24. The smallest absolute Gasteiger partial charge is 0.163 e. The fourth-order valence-corrected chi connectivity index (χ4v) is 3.44. The predicted octanol–water partition coefficient (Wildman–Crippen LogP) is 2.09. The van der Waals surface area contributed by atoms with Crippen molar-refractivity contribution in [1.29, 1.82) is 0 Å². The van der Waals surface area contributed by atoms with Gasteiger partial charge in [-0.05, 0) is 25.0 Å². The fraction of sp³-hybridized carbons (Fsp3) is 0.474. The van der Waals surface area contributed by atoms with E-state index >= 15 is 0 Å². The van der Waals surface area contributed by atoms with Crippen LogP contribution >= 0.6 is 0 Å². The third kappa shape index (κ3) is 3.91. The van der Waals surface area contributed by atoms with E-state index in [9.17, 15) is 0 Å². The highest BCUT2D eigenvalue weighted by molar-refractivity contribution is 5.87. The molecule has 0 aromatic carbocycles. The molecule has 3 aromatic rings. The van der Waals surface area contributed by atoms with Crippen LogP contribution in [0.5, 0.6) is 0 Å². The Morgan fingerprint density at radius 2 is 2.15 bits per heavy atom. The van der Waals surface area contributed by atoms with E-state index in [4.69, 9.17) is 14.5 Å². The van der Waals surface area contributed by atoms with Gasteiger partial charge in [0.1, 0.15) is 12.4 Å². The number of hydrogen-bond donors (Lipinski definition) is 0. The Morgan fingerprint density at radius 1 is 1.22 bits per heavy atom. The molecule has 0 aliphatic carbocycles. The summed E-state index contributed by atoms with van der Waals surface area (Å²) in [4.78, 5) is 15.9. The van der Waals surface area contributed by atoms with Crippen molar-refractivity contribution in [2.45, 2.75) is 32.2 Å². The summed E-state index contributed by atoms with van der Waals surface area (Å²) in [6.45, 7) is 2.64. The first kappa shape index (κ1) is 17.8. The molecule has 4 rings (SSSR count). The summed E-state index contributed by atoms with van der Waals surface area (Å²) in [6, 6.07) is 5.88. The Kier molecular flexibility index (Phi) is 5.26. The number of hydrogen-bond acceptors (Lipinski definition) is 7. The topological polar surface area (TPSA) is 78.2 Å². The number of rotatable bonds is 6. The molecular formula is C19H24N6O2. The van der Waals surface area contributed by atoms with E-state index < -0.39 is 0 Å². The van der Waals surface area contributed by atoms with Gasteiger partial charge in [-0.15, -0.1) is 0 Å². The molecule has 1 saturated heterocycles. The molecule has 1 atom stereocenters. The summed E-state index contributed by atoms with van der Waals surface area (Å²) >= 11 is 0. The summed E-state index contributed by atoms with van der Waals surface area (Å²) in [5.74, 6) is 1.58. The molecule has 0 unspecified atom stereocenters. The number of fused-ring (bicyclic) bond motifs is 1. The van der Waals surface area contributed by atoms with Crippen molar-refractivity contribution in [2.75, 3.05) is 25.1 Å². The molecule has 1 aliphatic rings. The van der Waals surface area contributed by atoms with Gasteiger partial charge >= 0.3 is 0 Å². The first-order valence-electron chi connectivity index (χ1n) is 9.18. The molecule has 3 aromatic heterocycles. The maximum Gasteiger partial charge on any atom is 0.163 e. The fourth-order valence-electron chi connectivity index (χ4n) is 3.44. The minimum absolute atomic E-state index is 0.147. The Bertz CT molecular complexity index is 898. The SMILES string of the molecule is COCc1nc(N2CCC[C@H](OCc3ccccn3)C2)c2cnn(C)c2n1. The molecule has 1 fully saturated rings. The number of aromatic nitrogens is 5. The molecule has 8 nitrogen and oxygen atoms in total. The van der Waals surface area contributed by atoms with Crippen molar-refractivity contribution < 1.29 is 9.47 Å². The van der Waals surface area contributed by atoms with Gasteiger partial charge in [-0.2, -0.15) is 5.10 Å². The van der Waals surface area contributed by atoms with Crippen LogP contribution in [0.15, 0.2) is 30.6 Å². The van der Waals surface area contributed by atoms with Gasteiger partial charge in [0, 0.05) is 33.4 Å². The number of anilines is 1. The molecule has 0 bridgehead atoms. The van der Waals surface area contributed by atoms with Crippen LogP contribution in [-0.2, 0) is 29.7 Å². The molecule has 0 saturated carbocycles. The normalized spacial score (nSPS) is 17.6. The van der Waals surface area contributed by atoms with E-state index in [1.165, 1.54) is 0 Å². The molecular weight excluding hydrogens is 344 g/mol. The van der Waals surface area contributed by atoms with Crippen molar-refractivity contribution in [3.8, 4) is 0 Å². The minimum Gasteiger partial charge on any atom is -0.377 e. The van der Waals surface area contributed by atoms with Crippen molar-refractivity contribution in [1.82, 2.24) is 24.7 Å². The third-order valence-corrected chi connectivity index (χ3v) is 4.76. The molecule has 1 aliphatic heterocycles. The first-order chi connectivity index (χ1) is 13.2. The summed E-state index contributed by atoms with van der Waals surface area (Å²) in [5, 5.41) is 5.32. The van der Waals surface area contributed by atoms with Crippen LogP contribution < -0.4 is 4.90 Å². The quantitative estimate of drug-likeness (QED) is 0.659. The Morgan fingerprint density at radius 3 is 2.96 bits per heavy atom. The van der Waals surface area contributed by atoms with Crippen molar-refractivity contribution in [2.24, 2.45) is 7.05 Å². The lowest BCUT2D eigenvalue weighted by atomic mass is 10.1. The number of pyridine rings is 1. The van der Waals surface area contributed by atoms with E-state index in [1.54, 1.807) is 18.0 Å². The maximum absolute atomic E-state index is 6.12. The summed E-state index contributed by atoms with van der Waals surface area (Å²) < 4.78 is 13.1. The van der Waals surface area contributed by atoms with E-state index in [2.05, 4.69) is 20.0 Å². The van der Waals surface area contributed by atoms with E-state index in [1.807, 2.05) is 31.4 Å². The molecule has 27 heavy (non-hydrogen) atoms. The van der Waals surface area contributed by atoms with Gasteiger partial charge in [-0.25, -0.2) is 9.97 Å². The highest BCUT2D eigenvalue weighted by atomic mass is 16.5. The standard InChI is InChI=1S/C19H24N6O2/c1-24-18-16(10-21-24)19(23-17(22-18)13-26-2)25-9-5-7-15(11-25)27-12-14-6-3-4-8-20-14/h3-4,6,8,10,15H,5,7,9,11-13H2,1-2H3/t15-/m0/s1. The zero-order chi connectivity index (χ0) is 18.6. The number of aryl methyl sites for hydroxylation is 1. The second-order valence-corrected chi connectivity index (χ2v) is 6.74. The largest absolute Gasteiger partial charge is 0.377 e. The number of nitrogens with zero attached hydrogens (tertiary/aromatic N) is 6. The highest BCUT2D eigenvalue weighted by Crippen LogP contribution is 2.27. The lowest BCUT2D eigenvalue weighted by molar-refractivity contribution is 0.0297. The van der Waals surface area contributed by atoms with Gasteiger partial charge in [0.2, 0.25) is 0 Å². The second-order valence-electron chi connectivity index (χ2n) is 6.74. The van der Waals surface area contributed by atoms with E-state index in [-0.39, 0.29) is 6.10 Å². The van der Waals surface area contributed by atoms with Crippen LogP contribution in [0, 0.1) is 0 Å². The van der Waals surface area contributed by atoms with E-state index in [0.717, 1.165) is 48.5 Å². The van der Waals surface area contributed by atoms with Crippen LogP contribution in [0.2, 0.25) is 0 Å². The summed E-state index contributed by atoms with van der Waals surface area (Å²) in [5.41, 5.74) is 1.78. The lowest BCUT2D eigenvalue weighted by Gasteiger charge is -2.33. The van der Waals surface area contributed by atoms with Gasteiger partial charge in [0.15, 0.2) is 11.5 Å². The molecule has 0 radical (unpaired) electrons. The monoisotopic (exact) mass is 368 g/mol. The molecule has 142 valence electrons. The van der Waals surface area contributed by atoms with Crippen LogP contribution in [0.3, 0.4) is 0 Å². The molecule has 8 heteroatoms. The zero-order valence-electron chi connectivity index (χ0n) is 15.7. The van der Waals surface area contributed by atoms with Crippen LogP contribution in [0.25, 0.3) is 11.0 Å². The van der Waals surface area contributed by atoms with Gasteiger partial charge in [-0.3, -0.25) is 9.67 Å². The predicted molar refractivity (Wildman–Crippen MR) is 101 cm³/mol. The number of methoxy groups -OCH3 is 1. The first-order valence-corrected chi connectivity index (χ1v) is 9.18. The van der Waals surface area contributed by atoms with Crippen molar-refractivity contribution in [3.05, 3.63) is 42.1 Å². The van der Waals surface area contributed by atoms with E-state index in [0.29, 0.717) is 19.0 Å². The number of ether oxygens (including phenoxy) is 2. The lowest BCUT2D eigenvalue weighted by Crippen LogP contribution is -2.40. The van der Waals surface area contributed by atoms with Crippen molar-refractivity contribution >= 4 is 16.9 Å². The minimum atomic E-state index is 0.147. The second kappa shape index (κ2) is 7.98. The Balaban J connectivity index is 1.53. The maximum atomic E-state index is 6.12. The average Bonchev–Trinajstić information content (AvgIpc) is 3.08. The van der Waals surface area contributed by atoms with Gasteiger partial charge in [0.25, 0.3) is 0 Å². The average molecular weight is 368 g/mol. The Hall–Kier alpha value is -2.58. The van der Waals surface area contributed by atoms with Crippen LogP contribution in [0.1, 0.15) is 24.4 Å². The number of piperidine rings is 1. The molecule has 4 heterocycles. The van der Waals surface area contributed by atoms with Gasteiger partial charge < -0.3 is 14.4 Å². The van der Waals surface area contributed by atoms with Crippen LogP contribution in [0.4, 0.5) is 5.82 Å². The molecule has 0 N–H and O–H groups in total. The third-order valence-electron chi connectivity index (χ3n) is 4.76.